The SMILES string of the molecule is O[C@H](c1ccccc1)[C@H]1CCN2CCCN=C12. The molecule has 1 N–H and O–H groups in total. The summed E-state index contributed by atoms with van der Waals surface area (Å²) in [6, 6.07) is 9.94. The molecule has 1 saturated heterocycles. The number of nitrogens with zero attached hydrogens (tertiary/aromatic N) is 2. The maximum absolute atomic E-state index is 10.5. The number of hydrogen-bond acceptors (Lipinski definition) is 3. The maximum atomic E-state index is 10.5. The molecule has 2 atom stereocenters. The monoisotopic (exact) mass is 230 g/mol. The number of aliphatic hydroxyl groups is 1. The minimum Gasteiger partial charge on any atom is -0.388 e. The summed E-state index contributed by atoms with van der Waals surface area (Å²) in [5.41, 5.74) is 1.01. The zero-order chi connectivity index (χ0) is 11.7. The van der Waals surface area contributed by atoms with E-state index in [0.717, 1.165) is 43.9 Å². The summed E-state index contributed by atoms with van der Waals surface area (Å²) in [7, 11) is 0. The van der Waals surface area contributed by atoms with Gasteiger partial charge in [0.2, 0.25) is 0 Å². The van der Waals surface area contributed by atoms with Gasteiger partial charge in [-0.05, 0) is 18.4 Å². The quantitative estimate of drug-likeness (QED) is 0.841. The van der Waals surface area contributed by atoms with Crippen LogP contribution in [0.25, 0.3) is 0 Å². The fourth-order valence-corrected chi connectivity index (χ4v) is 2.85. The van der Waals surface area contributed by atoms with Crippen molar-refractivity contribution in [2.45, 2.75) is 18.9 Å². The standard InChI is InChI=1S/C14H18N2O/c17-13(11-5-2-1-3-6-11)12-7-10-16-9-4-8-15-14(12)16/h1-3,5-6,12-13,17H,4,7-10H2/t12-,13-/m1/s1. The van der Waals surface area contributed by atoms with Crippen LogP contribution >= 0.6 is 0 Å². The Morgan fingerprint density at radius 3 is 2.88 bits per heavy atom. The molecule has 1 aromatic rings. The Labute approximate surface area is 102 Å². The molecule has 3 heteroatoms. The lowest BCUT2D eigenvalue weighted by atomic mass is 9.94. The van der Waals surface area contributed by atoms with Gasteiger partial charge in [-0.2, -0.15) is 0 Å². The first kappa shape index (κ1) is 10.8. The predicted molar refractivity (Wildman–Crippen MR) is 68.0 cm³/mol. The third-order valence-electron chi connectivity index (χ3n) is 3.75. The Morgan fingerprint density at radius 1 is 1.24 bits per heavy atom. The second-order valence-electron chi connectivity index (χ2n) is 4.83. The van der Waals surface area contributed by atoms with E-state index in [9.17, 15) is 5.11 Å². The number of aliphatic hydroxyl groups excluding tert-OH is 1. The average Bonchev–Trinajstić information content (AvgIpc) is 2.83. The fraction of sp³-hybridized carbons (Fsp3) is 0.500. The van der Waals surface area contributed by atoms with Crippen molar-refractivity contribution < 1.29 is 5.11 Å². The molecule has 1 aromatic carbocycles. The number of amidine groups is 1. The van der Waals surface area contributed by atoms with E-state index < -0.39 is 6.10 Å². The van der Waals surface area contributed by atoms with E-state index in [-0.39, 0.29) is 5.92 Å². The lowest BCUT2D eigenvalue weighted by molar-refractivity contribution is 0.141. The van der Waals surface area contributed by atoms with Crippen molar-refractivity contribution in [2.75, 3.05) is 19.6 Å². The van der Waals surface area contributed by atoms with Crippen molar-refractivity contribution in [3.8, 4) is 0 Å². The minimum absolute atomic E-state index is 0.192. The zero-order valence-corrected chi connectivity index (χ0v) is 9.92. The molecule has 0 spiro atoms. The van der Waals surface area contributed by atoms with Gasteiger partial charge in [-0.15, -0.1) is 0 Å². The van der Waals surface area contributed by atoms with Crippen LogP contribution in [0.5, 0.6) is 0 Å². The second-order valence-corrected chi connectivity index (χ2v) is 4.83. The topological polar surface area (TPSA) is 35.8 Å². The average molecular weight is 230 g/mol. The van der Waals surface area contributed by atoms with Crippen LogP contribution in [0.4, 0.5) is 0 Å². The van der Waals surface area contributed by atoms with E-state index in [0.29, 0.717) is 0 Å². The minimum atomic E-state index is -0.405. The molecular weight excluding hydrogens is 212 g/mol. The highest BCUT2D eigenvalue weighted by atomic mass is 16.3. The third kappa shape index (κ3) is 1.95. The molecule has 2 heterocycles. The van der Waals surface area contributed by atoms with E-state index in [4.69, 9.17) is 0 Å². The van der Waals surface area contributed by atoms with E-state index in [1.54, 1.807) is 0 Å². The first-order chi connectivity index (χ1) is 8.36. The van der Waals surface area contributed by atoms with Crippen LogP contribution in [0.3, 0.4) is 0 Å². The van der Waals surface area contributed by atoms with E-state index in [1.165, 1.54) is 0 Å². The number of benzene rings is 1. The van der Waals surface area contributed by atoms with Gasteiger partial charge < -0.3 is 10.0 Å². The zero-order valence-electron chi connectivity index (χ0n) is 9.92. The third-order valence-corrected chi connectivity index (χ3v) is 3.75. The summed E-state index contributed by atoms with van der Waals surface area (Å²) in [5, 5.41) is 10.5. The van der Waals surface area contributed by atoms with E-state index in [2.05, 4.69) is 9.89 Å². The first-order valence-corrected chi connectivity index (χ1v) is 6.38. The van der Waals surface area contributed by atoms with Crippen LogP contribution in [-0.2, 0) is 0 Å². The fourth-order valence-electron chi connectivity index (χ4n) is 2.85. The number of hydrogen-bond donors (Lipinski definition) is 1. The molecule has 0 saturated carbocycles. The molecule has 0 aromatic heterocycles. The molecular formula is C14H18N2O. The number of aliphatic imine (C=N–C) groups is 1. The van der Waals surface area contributed by atoms with Crippen molar-refractivity contribution in [1.82, 2.24) is 4.90 Å². The molecule has 3 nitrogen and oxygen atoms in total. The van der Waals surface area contributed by atoms with Gasteiger partial charge in [0, 0.05) is 25.6 Å². The molecule has 0 radical (unpaired) electrons. The van der Waals surface area contributed by atoms with Crippen molar-refractivity contribution in [2.24, 2.45) is 10.9 Å². The number of rotatable bonds is 2. The number of fused-ring (bicyclic) bond motifs is 1. The van der Waals surface area contributed by atoms with Gasteiger partial charge >= 0.3 is 0 Å². The van der Waals surface area contributed by atoms with Gasteiger partial charge in [0.25, 0.3) is 0 Å². The van der Waals surface area contributed by atoms with Gasteiger partial charge in [-0.3, -0.25) is 4.99 Å². The van der Waals surface area contributed by atoms with Crippen LogP contribution in [0.1, 0.15) is 24.5 Å². The Kier molecular flexibility index (Phi) is 2.85. The second kappa shape index (κ2) is 4.49. The van der Waals surface area contributed by atoms with Crippen LogP contribution in [-0.4, -0.2) is 35.5 Å². The van der Waals surface area contributed by atoms with Crippen molar-refractivity contribution in [1.29, 1.82) is 0 Å². The van der Waals surface area contributed by atoms with Crippen molar-refractivity contribution in [3.63, 3.8) is 0 Å². The van der Waals surface area contributed by atoms with Gasteiger partial charge in [0.1, 0.15) is 5.84 Å². The molecule has 2 aliphatic rings. The van der Waals surface area contributed by atoms with Crippen LogP contribution in [0, 0.1) is 5.92 Å². The highest BCUT2D eigenvalue weighted by Crippen LogP contribution is 2.33. The Bertz CT molecular complexity index is 415. The summed E-state index contributed by atoms with van der Waals surface area (Å²) in [6.45, 7) is 3.08. The molecule has 0 amide bonds. The van der Waals surface area contributed by atoms with Crippen LogP contribution < -0.4 is 0 Å². The van der Waals surface area contributed by atoms with Crippen LogP contribution in [0.15, 0.2) is 35.3 Å². The maximum Gasteiger partial charge on any atom is 0.105 e. The summed E-state index contributed by atoms with van der Waals surface area (Å²) >= 11 is 0. The van der Waals surface area contributed by atoms with Crippen molar-refractivity contribution in [3.05, 3.63) is 35.9 Å². The lowest BCUT2D eigenvalue weighted by Crippen LogP contribution is -2.34. The molecule has 3 rings (SSSR count). The highest BCUT2D eigenvalue weighted by molar-refractivity contribution is 5.87. The Balaban J connectivity index is 1.83. The first-order valence-electron chi connectivity index (χ1n) is 6.38. The van der Waals surface area contributed by atoms with E-state index >= 15 is 0 Å². The molecule has 17 heavy (non-hydrogen) atoms. The smallest absolute Gasteiger partial charge is 0.105 e. The Morgan fingerprint density at radius 2 is 2.06 bits per heavy atom. The Hall–Kier alpha value is -1.35. The normalized spacial score (nSPS) is 25.4. The lowest BCUT2D eigenvalue weighted by Gasteiger charge is -2.26. The molecule has 2 aliphatic heterocycles. The summed E-state index contributed by atoms with van der Waals surface area (Å²) in [5.74, 6) is 1.32. The molecule has 0 aliphatic carbocycles. The summed E-state index contributed by atoms with van der Waals surface area (Å²) < 4.78 is 0. The highest BCUT2D eigenvalue weighted by Gasteiger charge is 2.35. The molecule has 90 valence electrons. The largest absolute Gasteiger partial charge is 0.388 e. The summed E-state index contributed by atoms with van der Waals surface area (Å²) in [4.78, 5) is 6.94. The molecule has 0 bridgehead atoms. The van der Waals surface area contributed by atoms with Crippen molar-refractivity contribution >= 4 is 5.84 Å². The molecule has 0 unspecified atom stereocenters. The van der Waals surface area contributed by atoms with Gasteiger partial charge in [0.15, 0.2) is 0 Å². The van der Waals surface area contributed by atoms with Crippen LogP contribution in [0.2, 0.25) is 0 Å². The van der Waals surface area contributed by atoms with Gasteiger partial charge in [0.05, 0.1) is 6.10 Å². The predicted octanol–water partition coefficient (Wildman–Crippen LogP) is 1.84. The molecule has 1 fully saturated rings. The van der Waals surface area contributed by atoms with Gasteiger partial charge in [-0.1, -0.05) is 30.3 Å². The van der Waals surface area contributed by atoms with Gasteiger partial charge in [-0.25, -0.2) is 0 Å². The summed E-state index contributed by atoms with van der Waals surface area (Å²) in [6.07, 6.45) is 1.77. The van der Waals surface area contributed by atoms with E-state index in [1.807, 2.05) is 30.3 Å².